The Morgan fingerprint density at radius 3 is 2.30 bits per heavy atom. The van der Waals surface area contributed by atoms with Gasteiger partial charge in [0.05, 0.1) is 6.61 Å². The standard InChI is InChI=1S/C16H26N2O2/c1-2-3-18(4-5-19)16(20)17-15-13-7-11-6-12(9-13)10-14(15)8-11/h2,11-15,19H,1,3-10H2,(H,17,20). The first-order chi connectivity index (χ1) is 9.71. The number of amides is 2. The minimum atomic E-state index is -0.0311. The summed E-state index contributed by atoms with van der Waals surface area (Å²) in [7, 11) is 0. The summed E-state index contributed by atoms with van der Waals surface area (Å²) >= 11 is 0. The average Bonchev–Trinajstić information content (AvgIpc) is 2.41. The van der Waals surface area contributed by atoms with Gasteiger partial charge in [0.1, 0.15) is 0 Å². The predicted octanol–water partition coefficient (Wildman–Crippen LogP) is 2.00. The molecule has 0 aromatic carbocycles. The minimum Gasteiger partial charge on any atom is -0.395 e. The molecule has 4 aliphatic carbocycles. The number of hydrogen-bond donors (Lipinski definition) is 2. The van der Waals surface area contributed by atoms with Gasteiger partial charge in [-0.3, -0.25) is 0 Å². The number of nitrogens with zero attached hydrogens (tertiary/aromatic N) is 1. The lowest BCUT2D eigenvalue weighted by atomic mass is 9.54. The van der Waals surface area contributed by atoms with Crippen molar-refractivity contribution in [1.29, 1.82) is 0 Å². The molecule has 0 atom stereocenters. The molecular formula is C16H26N2O2. The second kappa shape index (κ2) is 5.76. The molecule has 4 nitrogen and oxygen atoms in total. The van der Waals surface area contributed by atoms with Crippen molar-refractivity contribution in [3.05, 3.63) is 12.7 Å². The highest BCUT2D eigenvalue weighted by Crippen LogP contribution is 2.53. The van der Waals surface area contributed by atoms with Crippen LogP contribution in [0.1, 0.15) is 32.1 Å². The first kappa shape index (κ1) is 13.9. The van der Waals surface area contributed by atoms with Crippen LogP contribution in [0.15, 0.2) is 12.7 Å². The van der Waals surface area contributed by atoms with E-state index in [1.54, 1.807) is 11.0 Å². The molecule has 2 N–H and O–H groups in total. The van der Waals surface area contributed by atoms with Gasteiger partial charge in [-0.2, -0.15) is 0 Å². The average molecular weight is 278 g/mol. The fourth-order valence-electron chi connectivity index (χ4n) is 4.95. The summed E-state index contributed by atoms with van der Waals surface area (Å²) in [4.78, 5) is 14.0. The van der Waals surface area contributed by atoms with Crippen LogP contribution in [-0.2, 0) is 0 Å². The first-order valence-electron chi connectivity index (χ1n) is 7.98. The minimum absolute atomic E-state index is 0.00291. The Bertz CT molecular complexity index is 355. The number of carbonyl (C=O) groups is 1. The van der Waals surface area contributed by atoms with Gasteiger partial charge in [-0.1, -0.05) is 6.08 Å². The molecule has 0 aliphatic heterocycles. The fraction of sp³-hybridized carbons (Fsp3) is 0.812. The molecule has 20 heavy (non-hydrogen) atoms. The highest BCUT2D eigenvalue weighted by molar-refractivity contribution is 5.74. The first-order valence-corrected chi connectivity index (χ1v) is 7.98. The molecule has 4 aliphatic rings. The SMILES string of the molecule is C=CCN(CCO)C(=O)NC1C2CC3CC(C2)CC1C3. The van der Waals surface area contributed by atoms with Crippen LogP contribution in [-0.4, -0.2) is 41.8 Å². The van der Waals surface area contributed by atoms with Crippen LogP contribution in [0.5, 0.6) is 0 Å². The van der Waals surface area contributed by atoms with Gasteiger partial charge < -0.3 is 15.3 Å². The van der Waals surface area contributed by atoms with Crippen LogP contribution in [0.25, 0.3) is 0 Å². The summed E-state index contributed by atoms with van der Waals surface area (Å²) in [6.45, 7) is 4.56. The number of aliphatic hydroxyl groups is 1. The zero-order chi connectivity index (χ0) is 14.1. The van der Waals surface area contributed by atoms with E-state index < -0.39 is 0 Å². The lowest BCUT2D eigenvalue weighted by Crippen LogP contribution is -2.58. The third-order valence-electron chi connectivity index (χ3n) is 5.52. The summed E-state index contributed by atoms with van der Waals surface area (Å²) in [6.07, 6.45) is 8.37. The highest BCUT2D eigenvalue weighted by atomic mass is 16.3. The number of aliphatic hydroxyl groups excluding tert-OH is 1. The molecule has 2 amide bonds. The van der Waals surface area contributed by atoms with E-state index in [2.05, 4.69) is 11.9 Å². The fourth-order valence-corrected chi connectivity index (χ4v) is 4.95. The van der Waals surface area contributed by atoms with Gasteiger partial charge in [-0.15, -0.1) is 6.58 Å². The maximum Gasteiger partial charge on any atom is 0.317 e. The smallest absolute Gasteiger partial charge is 0.317 e. The van der Waals surface area contributed by atoms with Gasteiger partial charge in [-0.05, 0) is 55.8 Å². The molecule has 0 aromatic rings. The molecule has 0 unspecified atom stereocenters. The monoisotopic (exact) mass is 278 g/mol. The normalized spacial score (nSPS) is 37.8. The van der Waals surface area contributed by atoms with E-state index in [-0.39, 0.29) is 12.6 Å². The largest absolute Gasteiger partial charge is 0.395 e. The van der Waals surface area contributed by atoms with Crippen LogP contribution in [0.4, 0.5) is 4.79 Å². The molecule has 0 saturated heterocycles. The summed E-state index contributed by atoms with van der Waals surface area (Å²) in [5.41, 5.74) is 0. The quantitative estimate of drug-likeness (QED) is 0.756. The van der Waals surface area contributed by atoms with Gasteiger partial charge in [0, 0.05) is 19.1 Å². The third-order valence-corrected chi connectivity index (χ3v) is 5.52. The zero-order valence-electron chi connectivity index (χ0n) is 12.1. The lowest BCUT2D eigenvalue weighted by Gasteiger charge is -2.54. The van der Waals surface area contributed by atoms with Crippen molar-refractivity contribution in [3.8, 4) is 0 Å². The summed E-state index contributed by atoms with van der Waals surface area (Å²) in [6, 6.07) is 0.331. The third kappa shape index (κ3) is 2.58. The Hall–Kier alpha value is -1.03. The Morgan fingerprint density at radius 1 is 1.20 bits per heavy atom. The van der Waals surface area contributed by atoms with Crippen molar-refractivity contribution in [1.82, 2.24) is 10.2 Å². The maximum atomic E-state index is 12.4. The molecule has 4 fully saturated rings. The Balaban J connectivity index is 1.62. The lowest BCUT2D eigenvalue weighted by molar-refractivity contribution is -0.0110. The second-order valence-corrected chi connectivity index (χ2v) is 6.86. The molecule has 0 heterocycles. The van der Waals surface area contributed by atoms with Crippen molar-refractivity contribution in [3.63, 3.8) is 0 Å². The number of rotatable bonds is 5. The predicted molar refractivity (Wildman–Crippen MR) is 78.2 cm³/mol. The summed E-state index contributed by atoms with van der Waals surface area (Å²) in [5.74, 6) is 3.23. The van der Waals surface area contributed by atoms with Crippen LogP contribution in [0.2, 0.25) is 0 Å². The molecule has 0 radical (unpaired) electrons. The van der Waals surface area contributed by atoms with E-state index in [1.807, 2.05) is 0 Å². The number of hydrogen-bond acceptors (Lipinski definition) is 2. The Morgan fingerprint density at radius 2 is 1.80 bits per heavy atom. The highest BCUT2D eigenvalue weighted by Gasteiger charge is 2.48. The number of carbonyl (C=O) groups excluding carboxylic acids is 1. The van der Waals surface area contributed by atoms with Crippen LogP contribution in [0.3, 0.4) is 0 Å². The van der Waals surface area contributed by atoms with Crippen LogP contribution >= 0.6 is 0 Å². The second-order valence-electron chi connectivity index (χ2n) is 6.86. The molecule has 4 heteroatoms. The number of urea groups is 1. The molecule has 4 saturated carbocycles. The molecule has 4 bridgehead atoms. The Kier molecular flexibility index (Phi) is 4.01. The van der Waals surface area contributed by atoms with E-state index in [4.69, 9.17) is 5.11 Å². The van der Waals surface area contributed by atoms with Gasteiger partial charge in [0.2, 0.25) is 0 Å². The molecule has 4 rings (SSSR count). The number of nitrogens with one attached hydrogen (secondary N) is 1. The van der Waals surface area contributed by atoms with E-state index in [9.17, 15) is 4.79 Å². The van der Waals surface area contributed by atoms with E-state index in [0.29, 0.717) is 31.0 Å². The van der Waals surface area contributed by atoms with Gasteiger partial charge >= 0.3 is 6.03 Å². The van der Waals surface area contributed by atoms with Gasteiger partial charge in [0.15, 0.2) is 0 Å². The van der Waals surface area contributed by atoms with Crippen molar-refractivity contribution in [2.75, 3.05) is 19.7 Å². The maximum absolute atomic E-state index is 12.4. The van der Waals surface area contributed by atoms with E-state index in [1.165, 1.54) is 32.1 Å². The molecular weight excluding hydrogens is 252 g/mol. The van der Waals surface area contributed by atoms with E-state index >= 15 is 0 Å². The molecule has 0 spiro atoms. The summed E-state index contributed by atoms with van der Waals surface area (Å²) in [5, 5.41) is 12.3. The molecule has 112 valence electrons. The molecule has 0 aromatic heterocycles. The Labute approximate surface area is 121 Å². The summed E-state index contributed by atoms with van der Waals surface area (Å²) < 4.78 is 0. The van der Waals surface area contributed by atoms with Gasteiger partial charge in [0.25, 0.3) is 0 Å². The van der Waals surface area contributed by atoms with E-state index in [0.717, 1.165) is 11.8 Å². The zero-order valence-corrected chi connectivity index (χ0v) is 12.1. The topological polar surface area (TPSA) is 52.6 Å². The van der Waals surface area contributed by atoms with Crippen LogP contribution < -0.4 is 5.32 Å². The van der Waals surface area contributed by atoms with Crippen molar-refractivity contribution in [2.24, 2.45) is 23.7 Å². The van der Waals surface area contributed by atoms with Crippen molar-refractivity contribution in [2.45, 2.75) is 38.1 Å². The van der Waals surface area contributed by atoms with Gasteiger partial charge in [-0.25, -0.2) is 4.79 Å². The van der Waals surface area contributed by atoms with Crippen molar-refractivity contribution >= 4 is 6.03 Å². The van der Waals surface area contributed by atoms with Crippen molar-refractivity contribution < 1.29 is 9.90 Å². The van der Waals surface area contributed by atoms with Crippen LogP contribution in [0, 0.1) is 23.7 Å².